The van der Waals surface area contributed by atoms with E-state index in [4.69, 9.17) is 4.74 Å². The molecule has 2 heteroatoms. The summed E-state index contributed by atoms with van der Waals surface area (Å²) in [6.45, 7) is 15.0. The molecule has 0 bridgehead atoms. The molecule has 1 radical (unpaired) electrons. The molecule has 0 saturated carbocycles. The fourth-order valence-electron chi connectivity index (χ4n) is 2.03. The summed E-state index contributed by atoms with van der Waals surface area (Å²) in [5, 5.41) is 0. The maximum Gasteiger partial charge on any atom is 0.242 e. The Hall–Kier alpha value is -1.31. The van der Waals surface area contributed by atoms with E-state index in [1.807, 2.05) is 19.3 Å². The van der Waals surface area contributed by atoms with Gasteiger partial charge in [0.15, 0.2) is 6.10 Å². The van der Waals surface area contributed by atoms with Crippen LogP contribution in [0.15, 0.2) is 18.2 Å². The highest BCUT2D eigenvalue weighted by Gasteiger charge is 2.24. The van der Waals surface area contributed by atoms with Gasteiger partial charge in [0.25, 0.3) is 0 Å². The van der Waals surface area contributed by atoms with Gasteiger partial charge < -0.3 is 4.74 Å². The van der Waals surface area contributed by atoms with E-state index >= 15 is 0 Å². The quantitative estimate of drug-likeness (QED) is 0.806. The van der Waals surface area contributed by atoms with Gasteiger partial charge in [-0.2, -0.15) is 0 Å². The van der Waals surface area contributed by atoms with Crippen LogP contribution in [0.25, 0.3) is 0 Å². The first kappa shape index (κ1) is 16.7. The Kier molecular flexibility index (Phi) is 5.01. The molecule has 0 spiro atoms. The molecule has 111 valence electrons. The van der Waals surface area contributed by atoms with E-state index in [0.717, 1.165) is 11.3 Å². The van der Waals surface area contributed by atoms with Gasteiger partial charge in [0.2, 0.25) is 6.29 Å². The Bertz CT molecular complexity index is 461. The minimum Gasteiger partial charge on any atom is -0.482 e. The number of hydrogen-bond donors (Lipinski definition) is 0. The molecule has 1 unspecified atom stereocenters. The van der Waals surface area contributed by atoms with Gasteiger partial charge in [-0.05, 0) is 34.4 Å². The third-order valence-corrected chi connectivity index (χ3v) is 3.43. The first-order chi connectivity index (χ1) is 9.09. The second-order valence-corrected chi connectivity index (χ2v) is 7.34. The van der Waals surface area contributed by atoms with E-state index in [-0.39, 0.29) is 10.8 Å². The van der Waals surface area contributed by atoms with Crippen molar-refractivity contribution in [3.63, 3.8) is 0 Å². The van der Waals surface area contributed by atoms with Crippen molar-refractivity contribution in [2.24, 2.45) is 0 Å². The van der Waals surface area contributed by atoms with Crippen molar-refractivity contribution >= 4 is 6.29 Å². The molecule has 0 aliphatic heterocycles. The van der Waals surface area contributed by atoms with Crippen LogP contribution in [-0.4, -0.2) is 12.4 Å². The molecule has 20 heavy (non-hydrogen) atoms. The summed E-state index contributed by atoms with van der Waals surface area (Å²) < 4.78 is 5.81. The van der Waals surface area contributed by atoms with Crippen LogP contribution in [0.1, 0.15) is 66.0 Å². The standard InChI is InChI=1S/C18H27O2/c1-8-14(12-19)20-16-10-9-13(17(2,3)4)11-15(16)18(5,6)7/h9-11,14H,8H2,1-7H3. The number of ether oxygens (including phenoxy) is 1. The predicted octanol–water partition coefficient (Wildman–Crippen LogP) is 4.55. The van der Waals surface area contributed by atoms with Crippen molar-refractivity contribution in [3.8, 4) is 5.75 Å². The Morgan fingerprint density at radius 3 is 2.10 bits per heavy atom. The molecule has 0 aliphatic rings. The highest BCUT2D eigenvalue weighted by Crippen LogP contribution is 2.35. The molecule has 0 aromatic heterocycles. The molecule has 0 N–H and O–H groups in total. The molecule has 0 heterocycles. The van der Waals surface area contributed by atoms with Gasteiger partial charge in [0, 0.05) is 0 Å². The van der Waals surface area contributed by atoms with E-state index in [2.05, 4.69) is 53.7 Å². The lowest BCUT2D eigenvalue weighted by molar-refractivity contribution is 0.249. The van der Waals surface area contributed by atoms with Crippen LogP contribution >= 0.6 is 0 Å². The molecule has 1 aromatic rings. The first-order valence-electron chi connectivity index (χ1n) is 7.29. The molecule has 0 saturated heterocycles. The lowest BCUT2D eigenvalue weighted by Gasteiger charge is -2.28. The largest absolute Gasteiger partial charge is 0.482 e. The van der Waals surface area contributed by atoms with Crippen LogP contribution in [0.4, 0.5) is 0 Å². The molecular weight excluding hydrogens is 248 g/mol. The molecule has 2 nitrogen and oxygen atoms in total. The highest BCUT2D eigenvalue weighted by molar-refractivity contribution is 5.58. The van der Waals surface area contributed by atoms with Crippen LogP contribution in [0.5, 0.6) is 5.75 Å². The Labute approximate surface area is 123 Å². The number of carbonyl (C=O) groups excluding carboxylic acids is 1. The number of hydrogen-bond acceptors (Lipinski definition) is 2. The van der Waals surface area contributed by atoms with Crippen molar-refractivity contribution < 1.29 is 9.53 Å². The first-order valence-corrected chi connectivity index (χ1v) is 7.29. The van der Waals surface area contributed by atoms with Gasteiger partial charge in [-0.1, -0.05) is 60.6 Å². The van der Waals surface area contributed by atoms with E-state index in [1.54, 1.807) is 0 Å². The average Bonchev–Trinajstić information content (AvgIpc) is 2.33. The fourth-order valence-corrected chi connectivity index (χ4v) is 2.03. The summed E-state index contributed by atoms with van der Waals surface area (Å²) in [6.07, 6.45) is 2.10. The van der Waals surface area contributed by atoms with E-state index < -0.39 is 6.10 Å². The normalized spacial score (nSPS) is 13.9. The Morgan fingerprint density at radius 2 is 1.70 bits per heavy atom. The SMILES string of the molecule is CCC([C]=O)Oc1ccc(C(C)(C)C)cc1C(C)(C)C. The van der Waals surface area contributed by atoms with E-state index in [0.29, 0.717) is 6.42 Å². The highest BCUT2D eigenvalue weighted by atomic mass is 16.5. The zero-order valence-electron chi connectivity index (χ0n) is 13.8. The van der Waals surface area contributed by atoms with Crippen LogP contribution in [0, 0.1) is 0 Å². The summed E-state index contributed by atoms with van der Waals surface area (Å²) in [7, 11) is 0. The predicted molar refractivity (Wildman–Crippen MR) is 84.2 cm³/mol. The molecular formula is C18H27O2. The van der Waals surface area contributed by atoms with Crippen LogP contribution in [0.3, 0.4) is 0 Å². The molecule has 0 fully saturated rings. The van der Waals surface area contributed by atoms with Crippen LogP contribution in [-0.2, 0) is 15.6 Å². The van der Waals surface area contributed by atoms with Crippen molar-refractivity contribution in [1.29, 1.82) is 0 Å². The van der Waals surface area contributed by atoms with Gasteiger partial charge in [0.1, 0.15) is 5.75 Å². The lowest BCUT2D eigenvalue weighted by atomic mass is 9.80. The topological polar surface area (TPSA) is 26.3 Å². The van der Waals surface area contributed by atoms with Crippen LogP contribution in [0.2, 0.25) is 0 Å². The Morgan fingerprint density at radius 1 is 1.10 bits per heavy atom. The van der Waals surface area contributed by atoms with Gasteiger partial charge in [-0.3, -0.25) is 4.79 Å². The summed E-state index contributed by atoms with van der Waals surface area (Å²) in [5.74, 6) is 0.792. The zero-order valence-corrected chi connectivity index (χ0v) is 13.8. The van der Waals surface area contributed by atoms with E-state index in [9.17, 15) is 4.79 Å². The molecule has 0 aliphatic carbocycles. The minimum absolute atomic E-state index is 0.0300. The third kappa shape index (κ3) is 4.09. The second-order valence-electron chi connectivity index (χ2n) is 7.34. The van der Waals surface area contributed by atoms with Crippen LogP contribution < -0.4 is 4.74 Å². The summed E-state index contributed by atoms with van der Waals surface area (Å²) in [5.41, 5.74) is 2.48. The van der Waals surface area contributed by atoms with Crippen molar-refractivity contribution in [3.05, 3.63) is 29.3 Å². The minimum atomic E-state index is -0.489. The lowest BCUT2D eigenvalue weighted by Crippen LogP contribution is -2.22. The number of benzene rings is 1. The molecule has 1 rings (SSSR count). The van der Waals surface area contributed by atoms with Crippen molar-refractivity contribution in [2.45, 2.75) is 71.8 Å². The van der Waals surface area contributed by atoms with Crippen molar-refractivity contribution in [2.75, 3.05) is 0 Å². The second kappa shape index (κ2) is 5.99. The van der Waals surface area contributed by atoms with Gasteiger partial charge in [-0.25, -0.2) is 0 Å². The molecule has 1 aromatic carbocycles. The Balaban J connectivity index is 3.28. The summed E-state index contributed by atoms with van der Waals surface area (Å²) in [4.78, 5) is 10.9. The number of rotatable bonds is 4. The maximum absolute atomic E-state index is 10.9. The third-order valence-electron chi connectivity index (χ3n) is 3.43. The molecule has 1 atom stereocenters. The monoisotopic (exact) mass is 275 g/mol. The summed E-state index contributed by atoms with van der Waals surface area (Å²) >= 11 is 0. The fraction of sp³-hybridized carbons (Fsp3) is 0.611. The van der Waals surface area contributed by atoms with Gasteiger partial charge in [0.05, 0.1) is 0 Å². The molecule has 0 amide bonds. The van der Waals surface area contributed by atoms with Crippen molar-refractivity contribution in [1.82, 2.24) is 0 Å². The van der Waals surface area contributed by atoms with Gasteiger partial charge >= 0.3 is 0 Å². The zero-order chi connectivity index (χ0) is 15.6. The maximum atomic E-state index is 10.9. The smallest absolute Gasteiger partial charge is 0.242 e. The average molecular weight is 275 g/mol. The van der Waals surface area contributed by atoms with E-state index in [1.165, 1.54) is 5.56 Å². The summed E-state index contributed by atoms with van der Waals surface area (Å²) in [6, 6.07) is 6.27. The van der Waals surface area contributed by atoms with Gasteiger partial charge in [-0.15, -0.1) is 0 Å².